The van der Waals surface area contributed by atoms with Gasteiger partial charge in [-0.15, -0.1) is 0 Å². The molecule has 0 bridgehead atoms. The van der Waals surface area contributed by atoms with Crippen molar-refractivity contribution in [1.29, 1.82) is 0 Å². The van der Waals surface area contributed by atoms with Gasteiger partial charge in [0, 0.05) is 43.2 Å². The van der Waals surface area contributed by atoms with Gasteiger partial charge in [-0.2, -0.15) is 10.2 Å². The van der Waals surface area contributed by atoms with E-state index in [2.05, 4.69) is 55.6 Å². The predicted octanol–water partition coefficient (Wildman–Crippen LogP) is 2.74. The highest BCUT2D eigenvalue weighted by Gasteiger charge is 2.07. The Labute approximate surface area is 114 Å². The molecule has 0 radical (unpaired) electrons. The number of aromatic nitrogens is 4. The Kier molecular flexibility index (Phi) is 4.24. The molecule has 0 fully saturated rings. The van der Waals surface area contributed by atoms with Crippen LogP contribution >= 0.6 is 0 Å². The second-order valence-corrected chi connectivity index (χ2v) is 4.87. The summed E-state index contributed by atoms with van der Waals surface area (Å²) in [6, 6.07) is 0. The van der Waals surface area contributed by atoms with Crippen molar-refractivity contribution < 1.29 is 0 Å². The fraction of sp³-hybridized carbons (Fsp3) is 0.571. The highest BCUT2D eigenvalue weighted by molar-refractivity contribution is 5.42. The molecule has 2 heterocycles. The maximum absolute atomic E-state index is 4.51. The number of hydrogen-bond acceptors (Lipinski definition) is 3. The van der Waals surface area contributed by atoms with Gasteiger partial charge in [-0.1, -0.05) is 6.92 Å². The second-order valence-electron chi connectivity index (χ2n) is 4.87. The van der Waals surface area contributed by atoms with Crippen molar-refractivity contribution in [3.63, 3.8) is 0 Å². The van der Waals surface area contributed by atoms with Gasteiger partial charge >= 0.3 is 0 Å². The Morgan fingerprint density at radius 1 is 1.11 bits per heavy atom. The molecule has 0 aliphatic carbocycles. The fourth-order valence-electron chi connectivity index (χ4n) is 2.11. The number of hydrogen-bond donors (Lipinski definition) is 1. The van der Waals surface area contributed by atoms with Crippen molar-refractivity contribution in [2.24, 2.45) is 0 Å². The summed E-state index contributed by atoms with van der Waals surface area (Å²) in [5, 5.41) is 12.4. The molecule has 2 rings (SSSR count). The summed E-state index contributed by atoms with van der Waals surface area (Å²) in [5.41, 5.74) is 3.51. The van der Waals surface area contributed by atoms with E-state index in [1.54, 1.807) is 0 Å². The summed E-state index contributed by atoms with van der Waals surface area (Å²) in [7, 11) is 0. The lowest BCUT2D eigenvalue weighted by molar-refractivity contribution is 0.598. The van der Waals surface area contributed by atoms with Gasteiger partial charge in [-0.3, -0.25) is 9.36 Å². The maximum atomic E-state index is 4.51. The lowest BCUT2D eigenvalue weighted by Crippen LogP contribution is -2.03. The normalized spacial score (nSPS) is 10.9. The molecule has 5 nitrogen and oxygen atoms in total. The predicted molar refractivity (Wildman–Crippen MR) is 77.2 cm³/mol. The molecule has 104 valence electrons. The summed E-state index contributed by atoms with van der Waals surface area (Å²) in [6.07, 6.45) is 5.29. The molecule has 0 aliphatic heterocycles. The van der Waals surface area contributed by atoms with Crippen LogP contribution in [0.1, 0.15) is 37.1 Å². The molecule has 5 heteroatoms. The van der Waals surface area contributed by atoms with E-state index in [9.17, 15) is 0 Å². The van der Waals surface area contributed by atoms with E-state index >= 15 is 0 Å². The van der Waals surface area contributed by atoms with E-state index in [1.807, 2.05) is 9.36 Å². The summed E-state index contributed by atoms with van der Waals surface area (Å²) in [6.45, 7) is 11.0. The highest BCUT2D eigenvalue weighted by Crippen LogP contribution is 2.14. The zero-order valence-electron chi connectivity index (χ0n) is 12.3. The summed E-state index contributed by atoms with van der Waals surface area (Å²) < 4.78 is 3.97. The van der Waals surface area contributed by atoms with Gasteiger partial charge in [-0.05, 0) is 27.2 Å². The van der Waals surface area contributed by atoms with E-state index in [4.69, 9.17) is 0 Å². The highest BCUT2D eigenvalue weighted by atomic mass is 15.3. The fourth-order valence-corrected chi connectivity index (χ4v) is 2.11. The van der Waals surface area contributed by atoms with Gasteiger partial charge in [0.2, 0.25) is 0 Å². The molecule has 0 unspecified atom stereocenters. The molecule has 19 heavy (non-hydrogen) atoms. The van der Waals surface area contributed by atoms with E-state index in [-0.39, 0.29) is 0 Å². The minimum atomic E-state index is 0.775. The van der Waals surface area contributed by atoms with Crippen LogP contribution in [0.4, 0.5) is 5.82 Å². The first-order chi connectivity index (χ1) is 9.13. The van der Waals surface area contributed by atoms with Crippen LogP contribution in [0.3, 0.4) is 0 Å². The molecule has 0 amide bonds. The lowest BCUT2D eigenvalue weighted by Gasteiger charge is -2.02. The van der Waals surface area contributed by atoms with Crippen molar-refractivity contribution in [2.75, 3.05) is 5.32 Å². The summed E-state index contributed by atoms with van der Waals surface area (Å²) in [5.74, 6) is 0.962. The van der Waals surface area contributed by atoms with Crippen LogP contribution in [0, 0.1) is 13.8 Å². The topological polar surface area (TPSA) is 47.7 Å². The first-order valence-electron chi connectivity index (χ1n) is 6.94. The van der Waals surface area contributed by atoms with Gasteiger partial charge in [-0.25, -0.2) is 0 Å². The number of rotatable bonds is 6. The molecule has 1 N–H and O–H groups in total. The minimum absolute atomic E-state index is 0.775. The van der Waals surface area contributed by atoms with Gasteiger partial charge in [0.25, 0.3) is 0 Å². The Hall–Kier alpha value is -1.78. The zero-order valence-corrected chi connectivity index (χ0v) is 12.3. The third-order valence-electron chi connectivity index (χ3n) is 3.22. The SMILES string of the molecule is CCCn1cc(CNc2nn(CC)cc2C)c(C)n1. The Balaban J connectivity index is 2.03. The Bertz CT molecular complexity index is 538. The molecule has 2 aromatic heterocycles. The molecule has 0 saturated heterocycles. The van der Waals surface area contributed by atoms with Crippen LogP contribution in [-0.4, -0.2) is 19.6 Å². The molecular weight excluding hydrogens is 238 g/mol. The summed E-state index contributed by atoms with van der Waals surface area (Å²) in [4.78, 5) is 0. The Morgan fingerprint density at radius 2 is 1.89 bits per heavy atom. The van der Waals surface area contributed by atoms with Gasteiger partial charge in [0.15, 0.2) is 5.82 Å². The van der Waals surface area contributed by atoms with E-state index in [0.29, 0.717) is 0 Å². The van der Waals surface area contributed by atoms with Crippen LogP contribution in [0.15, 0.2) is 12.4 Å². The molecule has 0 aromatic carbocycles. The van der Waals surface area contributed by atoms with Crippen molar-refractivity contribution in [2.45, 2.75) is 53.8 Å². The number of anilines is 1. The van der Waals surface area contributed by atoms with E-state index in [1.165, 1.54) is 11.1 Å². The molecular formula is C14H23N5. The van der Waals surface area contributed by atoms with Crippen LogP contribution in [0.25, 0.3) is 0 Å². The standard InChI is InChI=1S/C14H23N5/c1-5-7-19-10-13(12(4)16-19)8-15-14-11(3)9-18(6-2)17-14/h9-10H,5-8H2,1-4H3,(H,15,17). The van der Waals surface area contributed by atoms with Crippen molar-refractivity contribution >= 4 is 5.82 Å². The third kappa shape index (κ3) is 3.16. The number of aryl methyl sites for hydroxylation is 4. The zero-order chi connectivity index (χ0) is 13.8. The minimum Gasteiger partial charge on any atom is -0.364 e. The lowest BCUT2D eigenvalue weighted by atomic mass is 10.2. The largest absolute Gasteiger partial charge is 0.364 e. The molecule has 0 aliphatic rings. The average molecular weight is 261 g/mol. The van der Waals surface area contributed by atoms with E-state index in [0.717, 1.165) is 37.6 Å². The smallest absolute Gasteiger partial charge is 0.151 e. The number of nitrogens with one attached hydrogen (secondary N) is 1. The second kappa shape index (κ2) is 5.91. The quantitative estimate of drug-likeness (QED) is 0.869. The molecule has 0 spiro atoms. The van der Waals surface area contributed by atoms with Crippen LogP contribution < -0.4 is 5.32 Å². The van der Waals surface area contributed by atoms with Crippen LogP contribution in [0.2, 0.25) is 0 Å². The first-order valence-corrected chi connectivity index (χ1v) is 6.94. The van der Waals surface area contributed by atoms with Crippen LogP contribution in [0.5, 0.6) is 0 Å². The number of nitrogens with zero attached hydrogens (tertiary/aromatic N) is 4. The summed E-state index contributed by atoms with van der Waals surface area (Å²) >= 11 is 0. The molecule has 2 aromatic rings. The molecule has 0 saturated carbocycles. The van der Waals surface area contributed by atoms with Gasteiger partial charge < -0.3 is 5.32 Å². The van der Waals surface area contributed by atoms with Crippen molar-refractivity contribution in [3.05, 3.63) is 29.2 Å². The van der Waals surface area contributed by atoms with Gasteiger partial charge in [0.1, 0.15) is 0 Å². The molecule has 0 atom stereocenters. The van der Waals surface area contributed by atoms with Crippen molar-refractivity contribution in [3.8, 4) is 0 Å². The Morgan fingerprint density at radius 3 is 2.53 bits per heavy atom. The third-order valence-corrected chi connectivity index (χ3v) is 3.22. The maximum Gasteiger partial charge on any atom is 0.151 e. The first kappa shape index (κ1) is 13.6. The van der Waals surface area contributed by atoms with Gasteiger partial charge in [0.05, 0.1) is 5.69 Å². The van der Waals surface area contributed by atoms with Crippen LogP contribution in [-0.2, 0) is 19.6 Å². The average Bonchev–Trinajstić information content (AvgIpc) is 2.91. The van der Waals surface area contributed by atoms with E-state index < -0.39 is 0 Å². The monoisotopic (exact) mass is 261 g/mol. The van der Waals surface area contributed by atoms with Crippen molar-refractivity contribution in [1.82, 2.24) is 19.6 Å².